The van der Waals surface area contributed by atoms with Crippen LogP contribution >= 0.6 is 0 Å². The molecule has 1 heterocycles. The van der Waals surface area contributed by atoms with Crippen LogP contribution in [0, 0.1) is 5.82 Å². The van der Waals surface area contributed by atoms with E-state index in [1.54, 1.807) is 0 Å². The van der Waals surface area contributed by atoms with Gasteiger partial charge >= 0.3 is 6.09 Å². The van der Waals surface area contributed by atoms with E-state index in [1.165, 1.54) is 28.0 Å². The van der Waals surface area contributed by atoms with E-state index in [4.69, 9.17) is 10.5 Å². The first-order valence-corrected chi connectivity index (χ1v) is 12.0. The number of carbonyl (C=O) groups excluding carboxylic acids is 3. The van der Waals surface area contributed by atoms with Crippen molar-refractivity contribution in [1.29, 1.82) is 0 Å². The number of nitrogens with two attached hydrogens (primary N) is 1. The molecule has 35 heavy (non-hydrogen) atoms. The fourth-order valence-electron chi connectivity index (χ4n) is 4.64. The number of hydrogen-bond donors (Lipinski definition) is 2. The van der Waals surface area contributed by atoms with Crippen molar-refractivity contribution in [3.05, 3.63) is 71.5 Å². The average Bonchev–Trinajstić information content (AvgIpc) is 2.88. The maximum absolute atomic E-state index is 13.8. The molecular weight excluding hydrogens is 451 g/mol. The summed E-state index contributed by atoms with van der Waals surface area (Å²) in [7, 11) is 0. The van der Waals surface area contributed by atoms with Gasteiger partial charge in [0.1, 0.15) is 12.4 Å². The molecule has 3 N–H and O–H groups in total. The minimum Gasteiger partial charge on any atom is -0.444 e. The van der Waals surface area contributed by atoms with E-state index in [0.29, 0.717) is 6.42 Å². The van der Waals surface area contributed by atoms with Gasteiger partial charge in [-0.3, -0.25) is 14.5 Å². The number of rotatable bonds is 5. The highest BCUT2D eigenvalue weighted by atomic mass is 19.1. The Morgan fingerprint density at radius 3 is 2.40 bits per heavy atom. The van der Waals surface area contributed by atoms with E-state index in [9.17, 15) is 18.8 Å². The van der Waals surface area contributed by atoms with E-state index in [-0.39, 0.29) is 37.3 Å². The lowest BCUT2D eigenvalue weighted by Crippen LogP contribution is -2.64. The van der Waals surface area contributed by atoms with Crippen molar-refractivity contribution in [1.82, 2.24) is 15.1 Å². The molecule has 1 atom stereocenters. The number of hydrogen-bond acceptors (Lipinski definition) is 5. The molecule has 2 aromatic carbocycles. The molecule has 2 aliphatic rings. The third-order valence-corrected chi connectivity index (χ3v) is 6.51. The van der Waals surface area contributed by atoms with Gasteiger partial charge in [-0.2, -0.15) is 0 Å². The molecule has 0 aromatic heterocycles. The third kappa shape index (κ3) is 6.16. The summed E-state index contributed by atoms with van der Waals surface area (Å²) in [5.74, 6) is -1.52. The summed E-state index contributed by atoms with van der Waals surface area (Å²) in [5, 5.41) is 3.00. The fourth-order valence-corrected chi connectivity index (χ4v) is 4.64. The third-order valence-electron chi connectivity index (χ3n) is 6.51. The molecule has 3 amide bonds. The van der Waals surface area contributed by atoms with Crippen LogP contribution in [0.5, 0.6) is 0 Å². The largest absolute Gasteiger partial charge is 0.444 e. The number of halogens is 1. The number of amides is 3. The second-order valence-electron chi connectivity index (χ2n) is 9.09. The molecule has 1 aliphatic heterocycles. The summed E-state index contributed by atoms with van der Waals surface area (Å²) in [6.45, 7) is 0.558. The molecule has 2 fully saturated rings. The molecule has 0 spiro atoms. The Hall–Kier alpha value is -3.46. The van der Waals surface area contributed by atoms with Gasteiger partial charge in [0.25, 0.3) is 11.8 Å². The molecular formula is C26H31FN4O4. The zero-order valence-electron chi connectivity index (χ0n) is 19.6. The lowest BCUT2D eigenvalue weighted by molar-refractivity contribution is -0.134. The molecule has 1 aliphatic carbocycles. The lowest BCUT2D eigenvalue weighted by Gasteiger charge is -2.42. The van der Waals surface area contributed by atoms with Crippen LogP contribution < -0.4 is 11.1 Å². The van der Waals surface area contributed by atoms with Crippen LogP contribution in [-0.2, 0) is 16.1 Å². The predicted molar refractivity (Wildman–Crippen MR) is 128 cm³/mol. The Kier molecular flexibility index (Phi) is 7.97. The summed E-state index contributed by atoms with van der Waals surface area (Å²) in [5.41, 5.74) is 6.91. The van der Waals surface area contributed by atoms with Gasteiger partial charge in [0.15, 0.2) is 6.17 Å². The predicted octanol–water partition coefficient (Wildman–Crippen LogP) is 3.02. The molecule has 9 heteroatoms. The van der Waals surface area contributed by atoms with Crippen LogP contribution in [0.3, 0.4) is 0 Å². The Labute approximate surface area is 204 Å². The van der Waals surface area contributed by atoms with E-state index in [0.717, 1.165) is 37.3 Å². The number of carbonyl (C=O) groups is 3. The van der Waals surface area contributed by atoms with Crippen LogP contribution in [0.1, 0.15) is 48.0 Å². The summed E-state index contributed by atoms with van der Waals surface area (Å²) < 4.78 is 19.3. The average molecular weight is 483 g/mol. The van der Waals surface area contributed by atoms with E-state index in [2.05, 4.69) is 5.32 Å². The minimum absolute atomic E-state index is 0.0445. The SMILES string of the molecule is NC1CCC(NC(=O)C2N(C(=O)OCc3ccccc3)CCCN2C(=O)c2cccc(F)c2)CC1. The first kappa shape index (κ1) is 24.7. The minimum atomic E-state index is -1.20. The van der Waals surface area contributed by atoms with E-state index >= 15 is 0 Å². The maximum Gasteiger partial charge on any atom is 0.412 e. The van der Waals surface area contributed by atoms with Gasteiger partial charge in [0, 0.05) is 30.7 Å². The lowest BCUT2D eigenvalue weighted by atomic mass is 9.91. The maximum atomic E-state index is 13.8. The molecule has 1 unspecified atom stereocenters. The molecule has 0 bridgehead atoms. The van der Waals surface area contributed by atoms with Crippen molar-refractivity contribution in [3.63, 3.8) is 0 Å². The van der Waals surface area contributed by atoms with Crippen molar-refractivity contribution in [3.8, 4) is 0 Å². The van der Waals surface area contributed by atoms with Gasteiger partial charge in [-0.15, -0.1) is 0 Å². The zero-order valence-corrected chi connectivity index (χ0v) is 19.6. The van der Waals surface area contributed by atoms with Gasteiger partial charge < -0.3 is 20.7 Å². The topological polar surface area (TPSA) is 105 Å². The Morgan fingerprint density at radius 1 is 0.971 bits per heavy atom. The smallest absolute Gasteiger partial charge is 0.412 e. The number of nitrogens with one attached hydrogen (secondary N) is 1. The van der Waals surface area contributed by atoms with Crippen molar-refractivity contribution in [2.45, 2.75) is 57.0 Å². The first-order valence-electron chi connectivity index (χ1n) is 12.0. The zero-order chi connectivity index (χ0) is 24.8. The highest BCUT2D eigenvalue weighted by Crippen LogP contribution is 2.22. The molecule has 1 saturated carbocycles. The van der Waals surface area contributed by atoms with Gasteiger partial charge in [0.05, 0.1) is 0 Å². The summed E-state index contributed by atoms with van der Waals surface area (Å²) in [4.78, 5) is 42.5. The Balaban J connectivity index is 1.55. The van der Waals surface area contributed by atoms with Crippen molar-refractivity contribution in [2.75, 3.05) is 13.1 Å². The molecule has 0 radical (unpaired) electrons. The molecule has 2 aromatic rings. The van der Waals surface area contributed by atoms with Crippen molar-refractivity contribution >= 4 is 17.9 Å². The number of benzene rings is 2. The van der Waals surface area contributed by atoms with Gasteiger partial charge in [-0.25, -0.2) is 9.18 Å². The monoisotopic (exact) mass is 482 g/mol. The molecule has 186 valence electrons. The number of nitrogens with zero attached hydrogens (tertiary/aromatic N) is 2. The molecule has 4 rings (SSSR count). The molecule has 1 saturated heterocycles. The van der Waals surface area contributed by atoms with Crippen LogP contribution in [0.4, 0.5) is 9.18 Å². The first-order chi connectivity index (χ1) is 16.9. The van der Waals surface area contributed by atoms with E-state index < -0.39 is 29.9 Å². The highest BCUT2D eigenvalue weighted by molar-refractivity contribution is 5.98. The van der Waals surface area contributed by atoms with Crippen molar-refractivity contribution in [2.24, 2.45) is 5.73 Å². The van der Waals surface area contributed by atoms with Crippen LogP contribution in [0.2, 0.25) is 0 Å². The number of ether oxygens (including phenoxy) is 1. The van der Waals surface area contributed by atoms with Crippen LogP contribution in [-0.4, -0.2) is 59.0 Å². The second-order valence-corrected chi connectivity index (χ2v) is 9.09. The Bertz CT molecular complexity index is 1040. The summed E-state index contributed by atoms with van der Waals surface area (Å²) in [6, 6.07) is 14.6. The van der Waals surface area contributed by atoms with Gasteiger partial charge in [0.2, 0.25) is 0 Å². The van der Waals surface area contributed by atoms with Gasteiger partial charge in [-0.1, -0.05) is 36.4 Å². The van der Waals surface area contributed by atoms with Crippen molar-refractivity contribution < 1.29 is 23.5 Å². The summed E-state index contributed by atoms with van der Waals surface area (Å²) in [6.07, 6.45) is 1.64. The normalized spacial score (nSPS) is 22.4. The Morgan fingerprint density at radius 2 is 1.69 bits per heavy atom. The van der Waals surface area contributed by atoms with Gasteiger partial charge in [-0.05, 0) is 55.9 Å². The summed E-state index contributed by atoms with van der Waals surface area (Å²) >= 11 is 0. The molecule has 8 nitrogen and oxygen atoms in total. The quantitative estimate of drug-likeness (QED) is 0.682. The standard InChI is InChI=1S/C26H31FN4O4/c27-20-9-4-8-19(16-20)25(33)30-14-5-15-31(26(34)35-17-18-6-2-1-3-7-18)24(30)23(32)29-22-12-10-21(28)11-13-22/h1-4,6-9,16,21-22,24H,5,10-15,17,28H2,(H,29,32). The van der Waals surface area contributed by atoms with Crippen LogP contribution in [0.25, 0.3) is 0 Å². The van der Waals surface area contributed by atoms with E-state index in [1.807, 2.05) is 30.3 Å². The van der Waals surface area contributed by atoms with Crippen LogP contribution in [0.15, 0.2) is 54.6 Å². The fraction of sp³-hybridized carbons (Fsp3) is 0.423. The second kappa shape index (κ2) is 11.3. The highest BCUT2D eigenvalue weighted by Gasteiger charge is 2.42.